The lowest BCUT2D eigenvalue weighted by Crippen LogP contribution is -2.44. The first-order valence-corrected chi connectivity index (χ1v) is 13.3. The Labute approximate surface area is 239 Å². The number of methoxy groups -OCH3 is 2. The summed E-state index contributed by atoms with van der Waals surface area (Å²) in [5, 5.41) is 7.34. The number of hydrogen-bond acceptors (Lipinski definition) is 9. The maximum atomic E-state index is 13.7. The Bertz CT molecular complexity index is 1440. The highest BCUT2D eigenvalue weighted by Crippen LogP contribution is 2.47. The van der Waals surface area contributed by atoms with Gasteiger partial charge in [-0.25, -0.2) is 23.7 Å². The molecule has 0 unspecified atom stereocenters. The lowest BCUT2D eigenvalue weighted by atomic mass is 9.88. The smallest absolute Gasteiger partial charge is 0.252 e. The van der Waals surface area contributed by atoms with Gasteiger partial charge in [0, 0.05) is 54.4 Å². The first-order valence-electron chi connectivity index (χ1n) is 12.5. The monoisotopic (exact) mass is 593 g/mol. The highest BCUT2D eigenvalue weighted by Gasteiger charge is 2.45. The van der Waals surface area contributed by atoms with Crippen LogP contribution in [0.4, 0.5) is 20.5 Å². The van der Waals surface area contributed by atoms with Crippen molar-refractivity contribution in [2.75, 3.05) is 38.1 Å². The van der Waals surface area contributed by atoms with Crippen molar-refractivity contribution in [2.45, 2.75) is 37.3 Å². The Kier molecular flexibility index (Phi) is 7.98. The number of aromatic nitrogens is 3. The molecular formula is C27H27Cl2F2N5O4. The number of nitrogens with one attached hydrogen (secondary N) is 2. The zero-order valence-corrected chi connectivity index (χ0v) is 23.3. The normalized spacial score (nSPS) is 20.1. The topological polar surface area (TPSA) is 107 Å². The van der Waals surface area contributed by atoms with E-state index >= 15 is 0 Å². The predicted octanol–water partition coefficient (Wildman–Crippen LogP) is 5.80. The van der Waals surface area contributed by atoms with Gasteiger partial charge in [0.25, 0.3) is 5.92 Å². The molecule has 1 saturated heterocycles. The Hall–Kier alpha value is -3.28. The van der Waals surface area contributed by atoms with Gasteiger partial charge in [0.05, 0.1) is 49.2 Å². The van der Waals surface area contributed by atoms with Crippen LogP contribution < -0.4 is 20.1 Å². The summed E-state index contributed by atoms with van der Waals surface area (Å²) >= 11 is 13.3. The van der Waals surface area contributed by atoms with Crippen LogP contribution in [0.5, 0.6) is 11.5 Å². The summed E-state index contributed by atoms with van der Waals surface area (Å²) in [6.07, 6.45) is 2.51. The third kappa shape index (κ3) is 5.63. The molecule has 1 aliphatic heterocycles. The fourth-order valence-corrected chi connectivity index (χ4v) is 5.57. The second-order valence-corrected chi connectivity index (χ2v) is 10.6. The van der Waals surface area contributed by atoms with E-state index < -0.39 is 12.0 Å². The number of pyridine rings is 1. The van der Waals surface area contributed by atoms with Crippen LogP contribution >= 0.6 is 23.2 Å². The number of nitrogens with zero attached hydrogens (tertiary/aromatic N) is 3. The van der Waals surface area contributed by atoms with Crippen LogP contribution in [0, 0.1) is 5.92 Å². The molecule has 2 fully saturated rings. The summed E-state index contributed by atoms with van der Waals surface area (Å²) < 4.78 is 43.7. The number of fused-ring (bicyclic) bond motifs is 1. The minimum atomic E-state index is -2.74. The average molecular weight is 594 g/mol. The molecule has 0 radical (unpaired) electrons. The number of carbonyl (C=O) groups excluding carboxylic acids is 1. The zero-order valence-electron chi connectivity index (χ0n) is 21.8. The first kappa shape index (κ1) is 28.3. The third-order valence-corrected chi connectivity index (χ3v) is 7.78. The second kappa shape index (κ2) is 11.3. The third-order valence-electron chi connectivity index (χ3n) is 7.03. The summed E-state index contributed by atoms with van der Waals surface area (Å²) in [5.41, 5.74) is 1.12. The van der Waals surface area contributed by atoms with Crippen LogP contribution in [-0.4, -0.2) is 66.2 Å². The molecule has 5 rings (SSSR count). The first-order chi connectivity index (χ1) is 19.1. The minimum absolute atomic E-state index is 0.0752. The number of carbonyl (C=O) groups is 1. The molecule has 1 saturated carbocycles. The number of allylic oxidation sites excluding steroid dienone is 1. The molecular weight excluding hydrogens is 567 g/mol. The Morgan fingerprint density at radius 2 is 1.85 bits per heavy atom. The Morgan fingerprint density at radius 1 is 1.15 bits per heavy atom. The van der Waals surface area contributed by atoms with Crippen molar-refractivity contribution in [3.63, 3.8) is 0 Å². The molecule has 212 valence electrons. The SMILES string of the molecule is C=CC(=O)C[C@H]1COC[C@H]1Nc1ncc2cc(-c3c(Cl)c(OC)cc(OC)c3Cl)nc(NC3CC(F)(F)C3)c2n1. The van der Waals surface area contributed by atoms with Crippen molar-refractivity contribution in [3.05, 3.63) is 41.0 Å². The fourth-order valence-electron chi connectivity index (χ4n) is 4.87. The lowest BCUT2D eigenvalue weighted by Gasteiger charge is -2.35. The van der Waals surface area contributed by atoms with Gasteiger partial charge in [-0.3, -0.25) is 4.79 Å². The fraction of sp³-hybridized carbons (Fsp3) is 0.407. The lowest BCUT2D eigenvalue weighted by molar-refractivity contribution is -0.115. The summed E-state index contributed by atoms with van der Waals surface area (Å²) in [6, 6.07) is 2.57. The number of rotatable bonds is 10. The molecule has 40 heavy (non-hydrogen) atoms. The Morgan fingerprint density at radius 3 is 2.48 bits per heavy atom. The molecule has 0 bridgehead atoms. The minimum Gasteiger partial charge on any atom is -0.495 e. The highest BCUT2D eigenvalue weighted by atomic mass is 35.5. The number of halogens is 4. The molecule has 13 heteroatoms. The number of ketones is 1. The van der Waals surface area contributed by atoms with E-state index in [9.17, 15) is 13.6 Å². The van der Waals surface area contributed by atoms with Crippen molar-refractivity contribution < 1.29 is 27.8 Å². The standard InChI is InChI=1S/C27H27Cl2F2N5O4/c1-4-16(37)5-14-11-40-12-18(14)35-26-32-10-13-6-17(21-22(28)19(38-2)7-20(39-3)23(21)29)34-25(24(13)36-26)33-15-8-27(30,31)9-15/h4,6-7,10,14-15,18H,1,5,8-9,11-12H2,2-3H3,(H,33,34)(H,32,35,36)/t14-,18+/m0/s1. The van der Waals surface area contributed by atoms with Crippen LogP contribution in [0.25, 0.3) is 22.2 Å². The average Bonchev–Trinajstić information content (AvgIpc) is 3.34. The van der Waals surface area contributed by atoms with Gasteiger partial charge in [-0.2, -0.15) is 0 Å². The van der Waals surface area contributed by atoms with Gasteiger partial charge in [-0.15, -0.1) is 0 Å². The maximum absolute atomic E-state index is 13.7. The van der Waals surface area contributed by atoms with Crippen LogP contribution in [0.15, 0.2) is 31.0 Å². The number of benzene rings is 1. The van der Waals surface area contributed by atoms with E-state index in [2.05, 4.69) is 27.2 Å². The number of alkyl halides is 2. The zero-order chi connectivity index (χ0) is 28.6. The van der Waals surface area contributed by atoms with Gasteiger partial charge >= 0.3 is 0 Å². The number of anilines is 2. The van der Waals surface area contributed by atoms with Gasteiger partial charge in [0.15, 0.2) is 11.6 Å². The van der Waals surface area contributed by atoms with E-state index in [-0.39, 0.29) is 58.8 Å². The van der Waals surface area contributed by atoms with Crippen molar-refractivity contribution in [1.82, 2.24) is 15.0 Å². The quantitative estimate of drug-likeness (QED) is 0.282. The Balaban J connectivity index is 1.56. The van der Waals surface area contributed by atoms with Crippen molar-refractivity contribution >= 4 is 51.7 Å². The van der Waals surface area contributed by atoms with Gasteiger partial charge in [0.2, 0.25) is 5.95 Å². The number of hydrogen-bond donors (Lipinski definition) is 2. The number of ether oxygens (including phenoxy) is 3. The van der Waals surface area contributed by atoms with E-state index in [4.69, 9.17) is 42.4 Å². The van der Waals surface area contributed by atoms with Crippen LogP contribution in [0.1, 0.15) is 19.3 Å². The molecule has 2 aliphatic rings. The summed E-state index contributed by atoms with van der Waals surface area (Å²) in [4.78, 5) is 25.7. The van der Waals surface area contributed by atoms with E-state index in [1.165, 1.54) is 20.3 Å². The molecule has 0 spiro atoms. The van der Waals surface area contributed by atoms with Gasteiger partial charge in [0.1, 0.15) is 17.0 Å². The molecule has 3 aromatic rings. The van der Waals surface area contributed by atoms with E-state index in [0.717, 1.165) is 0 Å². The van der Waals surface area contributed by atoms with Gasteiger partial charge < -0.3 is 24.8 Å². The van der Waals surface area contributed by atoms with Gasteiger partial charge in [-0.1, -0.05) is 29.8 Å². The molecule has 0 amide bonds. The molecule has 9 nitrogen and oxygen atoms in total. The van der Waals surface area contributed by atoms with Crippen LogP contribution in [0.2, 0.25) is 10.0 Å². The largest absolute Gasteiger partial charge is 0.495 e. The predicted molar refractivity (Wildman–Crippen MR) is 149 cm³/mol. The van der Waals surface area contributed by atoms with Crippen molar-refractivity contribution in [3.8, 4) is 22.8 Å². The highest BCUT2D eigenvalue weighted by molar-refractivity contribution is 6.41. The molecule has 1 aliphatic carbocycles. The molecule has 2 aromatic heterocycles. The molecule has 3 heterocycles. The van der Waals surface area contributed by atoms with E-state index in [1.54, 1.807) is 18.3 Å². The molecule has 2 N–H and O–H groups in total. The van der Waals surface area contributed by atoms with Crippen LogP contribution in [-0.2, 0) is 9.53 Å². The van der Waals surface area contributed by atoms with E-state index in [1.807, 2.05) is 0 Å². The van der Waals surface area contributed by atoms with Crippen molar-refractivity contribution in [2.24, 2.45) is 5.92 Å². The van der Waals surface area contributed by atoms with Gasteiger partial charge in [-0.05, 0) is 12.1 Å². The molecule has 2 atom stereocenters. The summed E-state index contributed by atoms with van der Waals surface area (Å²) in [7, 11) is 2.93. The van der Waals surface area contributed by atoms with Crippen molar-refractivity contribution in [1.29, 1.82) is 0 Å². The molecule has 1 aromatic carbocycles. The maximum Gasteiger partial charge on any atom is 0.252 e. The van der Waals surface area contributed by atoms with Crippen LogP contribution in [0.3, 0.4) is 0 Å². The second-order valence-electron chi connectivity index (χ2n) is 9.80. The van der Waals surface area contributed by atoms with E-state index in [0.29, 0.717) is 46.9 Å². The summed E-state index contributed by atoms with van der Waals surface area (Å²) in [6.45, 7) is 4.33. The summed E-state index contributed by atoms with van der Waals surface area (Å²) in [5.74, 6) is -1.68.